The van der Waals surface area contributed by atoms with E-state index < -0.39 is 0 Å². The number of ether oxygens (including phenoxy) is 2. The van der Waals surface area contributed by atoms with Gasteiger partial charge in [-0.3, -0.25) is 0 Å². The topological polar surface area (TPSA) is 44.5 Å². The first kappa shape index (κ1) is 11.7. The predicted octanol–water partition coefficient (Wildman–Crippen LogP) is 2.75. The summed E-state index contributed by atoms with van der Waals surface area (Å²) in [6.07, 6.45) is 6.42. The van der Waals surface area contributed by atoms with E-state index >= 15 is 0 Å². The van der Waals surface area contributed by atoms with Gasteiger partial charge in [0.05, 0.1) is 17.7 Å². The van der Waals surface area contributed by atoms with E-state index in [1.807, 2.05) is 0 Å². The van der Waals surface area contributed by atoms with Crippen molar-refractivity contribution in [3.05, 3.63) is 12.0 Å². The van der Waals surface area contributed by atoms with Gasteiger partial charge in [-0.1, -0.05) is 0 Å². The zero-order valence-electron chi connectivity index (χ0n) is 9.32. The summed E-state index contributed by atoms with van der Waals surface area (Å²) in [7, 11) is 1.74. The molecule has 2 rings (SSSR count). The molecule has 1 heterocycles. The van der Waals surface area contributed by atoms with Crippen molar-refractivity contribution in [1.29, 1.82) is 0 Å². The first-order valence-electron chi connectivity index (χ1n) is 5.51. The van der Waals surface area contributed by atoms with Crippen molar-refractivity contribution in [3.8, 4) is 6.08 Å². The number of oxazole rings is 1. The zero-order chi connectivity index (χ0) is 11.4. The molecule has 0 bridgehead atoms. The Morgan fingerprint density at radius 2 is 2.31 bits per heavy atom. The van der Waals surface area contributed by atoms with Crippen LogP contribution in [-0.4, -0.2) is 24.3 Å². The first-order chi connectivity index (χ1) is 7.81. The third-order valence-electron chi connectivity index (χ3n) is 2.85. The van der Waals surface area contributed by atoms with Crippen LogP contribution in [0.1, 0.15) is 31.4 Å². The monoisotopic (exact) mass is 245 g/mol. The summed E-state index contributed by atoms with van der Waals surface area (Å²) in [5.74, 6) is 0.345. The minimum atomic E-state index is 0.139. The highest BCUT2D eigenvalue weighted by molar-refractivity contribution is 6.16. The van der Waals surface area contributed by atoms with Gasteiger partial charge in [-0.15, -0.1) is 11.6 Å². The van der Waals surface area contributed by atoms with Crippen molar-refractivity contribution < 1.29 is 13.9 Å². The number of hydrogen-bond acceptors (Lipinski definition) is 4. The Morgan fingerprint density at radius 3 is 3.00 bits per heavy atom. The molecule has 4 nitrogen and oxygen atoms in total. The van der Waals surface area contributed by atoms with Crippen LogP contribution in [0.5, 0.6) is 6.08 Å². The summed E-state index contributed by atoms with van der Waals surface area (Å²) in [4.78, 5) is 4.11. The molecule has 2 atom stereocenters. The molecule has 0 aliphatic heterocycles. The molecular formula is C11H16ClNO3. The standard InChI is InChI=1S/C11H16ClNO3/c1-14-9-3-2-4-10(5-9)16-11-13-8(6-12)7-15-11/h7,9-10H,2-6H2,1H3. The van der Waals surface area contributed by atoms with Crippen LogP contribution in [0.3, 0.4) is 0 Å². The van der Waals surface area contributed by atoms with E-state index in [4.69, 9.17) is 25.5 Å². The van der Waals surface area contributed by atoms with Crippen LogP contribution in [0.2, 0.25) is 0 Å². The van der Waals surface area contributed by atoms with E-state index in [1.165, 1.54) is 6.26 Å². The van der Waals surface area contributed by atoms with Gasteiger partial charge in [-0.05, 0) is 19.3 Å². The van der Waals surface area contributed by atoms with Crippen molar-refractivity contribution >= 4 is 11.6 Å². The highest BCUT2D eigenvalue weighted by Crippen LogP contribution is 2.25. The molecule has 1 aromatic rings. The SMILES string of the molecule is COC1CCCC(Oc2nc(CCl)co2)C1. The molecule has 0 amide bonds. The summed E-state index contributed by atoms with van der Waals surface area (Å²) in [6.45, 7) is 0. The lowest BCUT2D eigenvalue weighted by atomic mass is 9.95. The van der Waals surface area contributed by atoms with Gasteiger partial charge >= 0.3 is 6.08 Å². The van der Waals surface area contributed by atoms with E-state index in [1.54, 1.807) is 7.11 Å². The molecule has 1 aliphatic carbocycles. The van der Waals surface area contributed by atoms with Crippen molar-refractivity contribution in [2.24, 2.45) is 0 Å². The average Bonchev–Trinajstić information content (AvgIpc) is 2.77. The highest BCUT2D eigenvalue weighted by atomic mass is 35.5. The molecule has 1 aromatic heterocycles. The van der Waals surface area contributed by atoms with Crippen molar-refractivity contribution in [1.82, 2.24) is 4.98 Å². The number of rotatable bonds is 4. The maximum absolute atomic E-state index is 5.65. The summed E-state index contributed by atoms with van der Waals surface area (Å²) < 4.78 is 16.2. The Morgan fingerprint density at radius 1 is 1.50 bits per heavy atom. The van der Waals surface area contributed by atoms with Crippen LogP contribution < -0.4 is 4.74 Å². The maximum Gasteiger partial charge on any atom is 0.394 e. The van der Waals surface area contributed by atoms with Gasteiger partial charge in [-0.25, -0.2) is 0 Å². The van der Waals surface area contributed by atoms with E-state index in [9.17, 15) is 0 Å². The van der Waals surface area contributed by atoms with Crippen LogP contribution >= 0.6 is 11.6 Å². The lowest BCUT2D eigenvalue weighted by molar-refractivity contribution is 0.0111. The third-order valence-corrected chi connectivity index (χ3v) is 3.12. The number of hydrogen-bond donors (Lipinski definition) is 0. The van der Waals surface area contributed by atoms with E-state index in [0.29, 0.717) is 23.8 Å². The van der Waals surface area contributed by atoms with Crippen LogP contribution in [0, 0.1) is 0 Å². The van der Waals surface area contributed by atoms with Crippen LogP contribution in [0.15, 0.2) is 10.7 Å². The molecule has 0 radical (unpaired) electrons. The summed E-state index contributed by atoms with van der Waals surface area (Å²) >= 11 is 5.63. The van der Waals surface area contributed by atoms with Crippen molar-refractivity contribution in [2.45, 2.75) is 43.8 Å². The van der Waals surface area contributed by atoms with Gasteiger partial charge in [-0.2, -0.15) is 4.98 Å². The van der Waals surface area contributed by atoms with Crippen LogP contribution in [0.4, 0.5) is 0 Å². The minimum absolute atomic E-state index is 0.139. The maximum atomic E-state index is 5.65. The lowest BCUT2D eigenvalue weighted by Crippen LogP contribution is -2.29. The fourth-order valence-corrected chi connectivity index (χ4v) is 2.09. The molecule has 16 heavy (non-hydrogen) atoms. The molecule has 90 valence electrons. The van der Waals surface area contributed by atoms with Gasteiger partial charge in [0.15, 0.2) is 0 Å². The highest BCUT2D eigenvalue weighted by Gasteiger charge is 2.24. The molecule has 0 N–H and O–H groups in total. The number of aromatic nitrogens is 1. The summed E-state index contributed by atoms with van der Waals surface area (Å²) in [5, 5.41) is 0. The number of methoxy groups -OCH3 is 1. The first-order valence-corrected chi connectivity index (χ1v) is 6.05. The van der Waals surface area contributed by atoms with Crippen LogP contribution in [-0.2, 0) is 10.6 Å². The second-order valence-corrected chi connectivity index (χ2v) is 4.27. The van der Waals surface area contributed by atoms with Crippen molar-refractivity contribution in [3.63, 3.8) is 0 Å². The van der Waals surface area contributed by atoms with Crippen LogP contribution in [0.25, 0.3) is 0 Å². The van der Waals surface area contributed by atoms with Gasteiger partial charge in [0.25, 0.3) is 0 Å². The van der Waals surface area contributed by atoms with Gasteiger partial charge in [0.2, 0.25) is 0 Å². The Balaban J connectivity index is 1.88. The molecule has 1 aliphatic rings. The average molecular weight is 246 g/mol. The second-order valence-electron chi connectivity index (χ2n) is 4.00. The van der Waals surface area contributed by atoms with Gasteiger partial charge < -0.3 is 13.9 Å². The van der Waals surface area contributed by atoms with E-state index in [2.05, 4.69) is 4.98 Å². The molecule has 0 spiro atoms. The Bertz CT molecular complexity index is 329. The molecule has 2 unspecified atom stereocenters. The fraction of sp³-hybridized carbons (Fsp3) is 0.727. The van der Waals surface area contributed by atoms with Gasteiger partial charge in [0, 0.05) is 13.5 Å². The summed E-state index contributed by atoms with van der Waals surface area (Å²) in [5.41, 5.74) is 0.704. The number of halogens is 1. The number of nitrogens with zero attached hydrogens (tertiary/aromatic N) is 1. The number of alkyl halides is 1. The largest absolute Gasteiger partial charge is 0.447 e. The molecule has 0 aromatic carbocycles. The quantitative estimate of drug-likeness (QED) is 0.765. The Labute approximate surface area is 99.9 Å². The molecule has 5 heteroatoms. The Hall–Kier alpha value is -0.740. The minimum Gasteiger partial charge on any atom is -0.447 e. The third kappa shape index (κ3) is 2.89. The second kappa shape index (κ2) is 5.55. The van der Waals surface area contributed by atoms with E-state index in [-0.39, 0.29) is 6.10 Å². The Kier molecular flexibility index (Phi) is 4.07. The lowest BCUT2D eigenvalue weighted by Gasteiger charge is -2.27. The molecular weight excluding hydrogens is 230 g/mol. The van der Waals surface area contributed by atoms with Crippen molar-refractivity contribution in [2.75, 3.05) is 7.11 Å². The summed E-state index contributed by atoms with van der Waals surface area (Å²) in [6, 6.07) is 0. The zero-order valence-corrected chi connectivity index (χ0v) is 10.1. The fourth-order valence-electron chi connectivity index (χ4n) is 1.97. The smallest absolute Gasteiger partial charge is 0.394 e. The van der Waals surface area contributed by atoms with E-state index in [0.717, 1.165) is 25.7 Å². The molecule has 0 saturated heterocycles. The molecule has 1 saturated carbocycles. The normalized spacial score (nSPS) is 25.6. The molecule has 1 fully saturated rings. The van der Waals surface area contributed by atoms with Gasteiger partial charge in [0.1, 0.15) is 12.4 Å². The predicted molar refractivity (Wildman–Crippen MR) is 59.7 cm³/mol.